The normalized spacial score (nSPS) is 21.0. The predicted octanol–water partition coefficient (Wildman–Crippen LogP) is 4.23. The van der Waals surface area contributed by atoms with Gasteiger partial charge in [0, 0.05) is 37.4 Å². The number of carbonyl (C=O) groups excluding carboxylic acids is 1. The van der Waals surface area contributed by atoms with Crippen LogP contribution in [0.2, 0.25) is 0 Å². The van der Waals surface area contributed by atoms with Gasteiger partial charge < -0.3 is 10.2 Å². The standard InChI is InChI=1S/C25H27N5O/c1-25(23(31)30-15-10-19(11-16-30)18-5-3-2-4-6-18)12-7-20-17-27-24(29-22(20)25)28-21-8-13-26-14-9-21/h2-6,8-9,13-14,17,19H,7,10-12,15-16H2,1H3,(H,26,27,28,29). The van der Waals surface area contributed by atoms with Gasteiger partial charge in [0.15, 0.2) is 0 Å². The van der Waals surface area contributed by atoms with Crippen molar-refractivity contribution in [1.29, 1.82) is 0 Å². The predicted molar refractivity (Wildman–Crippen MR) is 120 cm³/mol. The largest absolute Gasteiger partial charge is 0.342 e. The van der Waals surface area contributed by atoms with Crippen molar-refractivity contribution in [2.45, 2.75) is 43.9 Å². The zero-order chi connectivity index (χ0) is 21.3. The van der Waals surface area contributed by atoms with E-state index in [1.54, 1.807) is 12.4 Å². The Morgan fingerprint density at radius 3 is 2.58 bits per heavy atom. The Labute approximate surface area is 182 Å². The van der Waals surface area contributed by atoms with Crippen LogP contribution in [-0.4, -0.2) is 38.8 Å². The Bertz CT molecular complexity index is 1060. The maximum Gasteiger partial charge on any atom is 0.234 e. The molecule has 1 aromatic carbocycles. The summed E-state index contributed by atoms with van der Waals surface area (Å²) in [6.45, 7) is 3.65. The van der Waals surface area contributed by atoms with E-state index in [1.807, 2.05) is 30.2 Å². The van der Waals surface area contributed by atoms with E-state index in [0.717, 1.165) is 55.7 Å². The molecular weight excluding hydrogens is 386 g/mol. The monoisotopic (exact) mass is 413 g/mol. The highest BCUT2D eigenvalue weighted by Crippen LogP contribution is 2.40. The number of aromatic nitrogens is 3. The van der Waals surface area contributed by atoms with Crippen LogP contribution in [-0.2, 0) is 16.6 Å². The highest BCUT2D eigenvalue weighted by Gasteiger charge is 2.45. The highest BCUT2D eigenvalue weighted by atomic mass is 16.2. The van der Waals surface area contributed by atoms with Crippen LogP contribution >= 0.6 is 0 Å². The quantitative estimate of drug-likeness (QED) is 0.693. The fourth-order valence-electron chi connectivity index (χ4n) is 4.89. The number of carbonyl (C=O) groups is 1. The summed E-state index contributed by atoms with van der Waals surface area (Å²) >= 11 is 0. The molecule has 0 saturated carbocycles. The number of anilines is 2. The summed E-state index contributed by atoms with van der Waals surface area (Å²) in [5.74, 6) is 1.26. The zero-order valence-electron chi connectivity index (χ0n) is 17.8. The summed E-state index contributed by atoms with van der Waals surface area (Å²) in [6, 6.07) is 14.4. The van der Waals surface area contributed by atoms with Crippen LogP contribution in [0.5, 0.6) is 0 Å². The molecule has 158 valence electrons. The maximum atomic E-state index is 13.6. The van der Waals surface area contributed by atoms with Gasteiger partial charge in [0.25, 0.3) is 0 Å². The number of nitrogens with one attached hydrogen (secondary N) is 1. The number of pyridine rings is 1. The number of likely N-dealkylation sites (tertiary alicyclic amines) is 1. The molecule has 1 fully saturated rings. The van der Waals surface area contributed by atoms with Gasteiger partial charge in [0.1, 0.15) is 0 Å². The van der Waals surface area contributed by atoms with Gasteiger partial charge in [-0.15, -0.1) is 0 Å². The molecular formula is C25H27N5O. The number of amides is 1. The van der Waals surface area contributed by atoms with Gasteiger partial charge in [-0.3, -0.25) is 9.78 Å². The van der Waals surface area contributed by atoms with Crippen molar-refractivity contribution in [1.82, 2.24) is 19.9 Å². The van der Waals surface area contributed by atoms with Crippen LogP contribution < -0.4 is 5.32 Å². The zero-order valence-corrected chi connectivity index (χ0v) is 17.8. The lowest BCUT2D eigenvalue weighted by molar-refractivity contribution is -0.138. The number of nitrogens with zero attached hydrogens (tertiary/aromatic N) is 4. The Balaban J connectivity index is 1.32. The molecule has 1 N–H and O–H groups in total. The molecule has 6 nitrogen and oxygen atoms in total. The van der Waals surface area contributed by atoms with E-state index < -0.39 is 5.41 Å². The summed E-state index contributed by atoms with van der Waals surface area (Å²) in [5.41, 5.74) is 3.62. The lowest BCUT2D eigenvalue weighted by atomic mass is 9.83. The molecule has 1 amide bonds. The average molecular weight is 414 g/mol. The molecule has 3 heterocycles. The molecule has 0 radical (unpaired) electrons. The van der Waals surface area contributed by atoms with Gasteiger partial charge in [-0.1, -0.05) is 30.3 Å². The van der Waals surface area contributed by atoms with E-state index in [9.17, 15) is 4.79 Å². The molecule has 2 aliphatic rings. The summed E-state index contributed by atoms with van der Waals surface area (Å²) in [5, 5.41) is 3.23. The van der Waals surface area contributed by atoms with Crippen molar-refractivity contribution in [3.05, 3.63) is 77.9 Å². The first-order valence-corrected chi connectivity index (χ1v) is 11.0. The Hall–Kier alpha value is -3.28. The van der Waals surface area contributed by atoms with Gasteiger partial charge >= 0.3 is 0 Å². The fraction of sp³-hybridized carbons (Fsp3) is 0.360. The molecule has 1 unspecified atom stereocenters. The van der Waals surface area contributed by atoms with E-state index >= 15 is 0 Å². The van der Waals surface area contributed by atoms with Gasteiger partial charge in [-0.05, 0) is 61.8 Å². The Morgan fingerprint density at radius 1 is 1.10 bits per heavy atom. The first-order chi connectivity index (χ1) is 15.1. The lowest BCUT2D eigenvalue weighted by Crippen LogP contribution is -2.47. The topological polar surface area (TPSA) is 71.0 Å². The van der Waals surface area contributed by atoms with Crippen LogP contribution in [0.1, 0.15) is 48.9 Å². The minimum Gasteiger partial charge on any atom is -0.342 e. The molecule has 1 saturated heterocycles. The van der Waals surface area contributed by atoms with E-state index in [-0.39, 0.29) is 5.91 Å². The van der Waals surface area contributed by atoms with E-state index in [0.29, 0.717) is 11.9 Å². The lowest BCUT2D eigenvalue weighted by Gasteiger charge is -2.37. The number of hydrogen-bond acceptors (Lipinski definition) is 5. The minimum atomic E-state index is -0.591. The SMILES string of the molecule is CC1(C(=O)N2CCC(c3ccccc3)CC2)CCc2cnc(Nc3ccncc3)nc21. The average Bonchev–Trinajstić information content (AvgIpc) is 3.17. The molecule has 0 spiro atoms. The number of fused-ring (bicyclic) bond motifs is 1. The van der Waals surface area contributed by atoms with Gasteiger partial charge in [0.2, 0.25) is 11.9 Å². The summed E-state index contributed by atoms with van der Waals surface area (Å²) in [7, 11) is 0. The maximum absolute atomic E-state index is 13.6. The molecule has 2 aromatic heterocycles. The second-order valence-corrected chi connectivity index (χ2v) is 8.74. The molecule has 0 bridgehead atoms. The van der Waals surface area contributed by atoms with Crippen molar-refractivity contribution < 1.29 is 4.79 Å². The van der Waals surface area contributed by atoms with Gasteiger partial charge in [-0.2, -0.15) is 0 Å². The fourth-order valence-corrected chi connectivity index (χ4v) is 4.89. The van der Waals surface area contributed by atoms with Crippen molar-refractivity contribution in [2.24, 2.45) is 0 Å². The number of hydrogen-bond donors (Lipinski definition) is 1. The van der Waals surface area contributed by atoms with Crippen molar-refractivity contribution in [2.75, 3.05) is 18.4 Å². The molecule has 3 aromatic rings. The van der Waals surface area contributed by atoms with Crippen LogP contribution in [0.15, 0.2) is 61.1 Å². The third-order valence-corrected chi connectivity index (χ3v) is 6.74. The number of aryl methyl sites for hydroxylation is 1. The molecule has 1 aliphatic heterocycles. The third kappa shape index (κ3) is 3.78. The Kier molecular flexibility index (Phi) is 5.14. The van der Waals surface area contributed by atoms with Crippen LogP contribution in [0, 0.1) is 0 Å². The van der Waals surface area contributed by atoms with Crippen molar-refractivity contribution >= 4 is 17.5 Å². The third-order valence-electron chi connectivity index (χ3n) is 6.74. The van der Waals surface area contributed by atoms with Gasteiger partial charge in [-0.25, -0.2) is 9.97 Å². The number of benzene rings is 1. The number of piperidine rings is 1. The molecule has 1 aliphatic carbocycles. The summed E-state index contributed by atoms with van der Waals surface area (Å²) < 4.78 is 0. The van der Waals surface area contributed by atoms with Gasteiger partial charge in [0.05, 0.1) is 11.1 Å². The minimum absolute atomic E-state index is 0.200. The smallest absolute Gasteiger partial charge is 0.234 e. The van der Waals surface area contributed by atoms with E-state index in [4.69, 9.17) is 4.98 Å². The summed E-state index contributed by atoms with van der Waals surface area (Å²) in [4.78, 5) is 29.0. The molecule has 5 rings (SSSR count). The molecule has 1 atom stereocenters. The van der Waals surface area contributed by atoms with Crippen LogP contribution in [0.3, 0.4) is 0 Å². The summed E-state index contributed by atoms with van der Waals surface area (Å²) in [6.07, 6.45) is 8.96. The van der Waals surface area contributed by atoms with Crippen LogP contribution in [0.25, 0.3) is 0 Å². The highest BCUT2D eigenvalue weighted by molar-refractivity contribution is 5.88. The Morgan fingerprint density at radius 2 is 1.84 bits per heavy atom. The molecule has 31 heavy (non-hydrogen) atoms. The van der Waals surface area contributed by atoms with Crippen LogP contribution in [0.4, 0.5) is 11.6 Å². The first-order valence-electron chi connectivity index (χ1n) is 11.0. The van der Waals surface area contributed by atoms with E-state index in [1.165, 1.54) is 5.56 Å². The first kappa shape index (κ1) is 19.7. The van der Waals surface area contributed by atoms with Crippen molar-refractivity contribution in [3.8, 4) is 0 Å². The second kappa shape index (κ2) is 8.10. The van der Waals surface area contributed by atoms with E-state index in [2.05, 4.69) is 45.6 Å². The number of rotatable bonds is 4. The van der Waals surface area contributed by atoms with Crippen molar-refractivity contribution in [3.63, 3.8) is 0 Å². The molecule has 6 heteroatoms. The second-order valence-electron chi connectivity index (χ2n) is 8.74.